The molecule has 1 fully saturated rings. The molecule has 2 rings (SSSR count). The van der Waals surface area contributed by atoms with Gasteiger partial charge in [-0.15, -0.1) is 0 Å². The van der Waals surface area contributed by atoms with Gasteiger partial charge in [0.2, 0.25) is 5.91 Å². The van der Waals surface area contributed by atoms with E-state index in [1.165, 1.54) is 0 Å². The van der Waals surface area contributed by atoms with Gasteiger partial charge in [0.05, 0.1) is 12.2 Å². The highest BCUT2D eigenvalue weighted by Gasteiger charge is 2.28. The van der Waals surface area contributed by atoms with Crippen molar-refractivity contribution in [3.8, 4) is 0 Å². The maximum absolute atomic E-state index is 11.9. The predicted octanol–water partition coefficient (Wildman–Crippen LogP) is 2.04. The quantitative estimate of drug-likeness (QED) is 0.889. The zero-order valence-corrected chi connectivity index (χ0v) is 11.4. The zero-order chi connectivity index (χ0) is 13.3. The fourth-order valence-corrected chi connectivity index (χ4v) is 2.41. The van der Waals surface area contributed by atoms with Gasteiger partial charge in [0, 0.05) is 24.8 Å². The summed E-state index contributed by atoms with van der Waals surface area (Å²) in [5, 5.41) is 0. The molecule has 1 aromatic heterocycles. The molecule has 0 aromatic carbocycles. The number of pyridine rings is 1. The normalized spacial score (nSPS) is 19.6. The van der Waals surface area contributed by atoms with E-state index in [1.54, 1.807) is 6.20 Å². The lowest BCUT2D eigenvalue weighted by Gasteiger charge is -2.18. The summed E-state index contributed by atoms with van der Waals surface area (Å²) in [7, 11) is 0. The van der Waals surface area contributed by atoms with E-state index in [0.29, 0.717) is 18.9 Å². The molecule has 1 aliphatic heterocycles. The number of anilines is 1. The van der Waals surface area contributed by atoms with Crippen molar-refractivity contribution in [2.75, 3.05) is 12.3 Å². The van der Waals surface area contributed by atoms with Crippen LogP contribution in [0.1, 0.15) is 36.6 Å². The maximum Gasteiger partial charge on any atom is 0.223 e. The molecule has 1 atom stereocenters. The van der Waals surface area contributed by atoms with Crippen LogP contribution in [0.4, 0.5) is 5.69 Å². The lowest BCUT2D eigenvalue weighted by atomic mass is 10.1. The fraction of sp³-hybridized carbons (Fsp3) is 0.571. The van der Waals surface area contributed by atoms with Gasteiger partial charge in [0.25, 0.3) is 0 Å². The average Bonchev–Trinajstić information content (AvgIpc) is 2.71. The summed E-state index contributed by atoms with van der Waals surface area (Å²) < 4.78 is 0. The third-order valence-corrected chi connectivity index (χ3v) is 3.89. The predicted molar refractivity (Wildman–Crippen MR) is 71.9 cm³/mol. The Hall–Kier alpha value is -1.58. The van der Waals surface area contributed by atoms with Gasteiger partial charge in [-0.25, -0.2) is 0 Å². The third kappa shape index (κ3) is 2.33. The molecule has 2 heterocycles. The van der Waals surface area contributed by atoms with E-state index in [-0.39, 0.29) is 5.91 Å². The second-order valence-corrected chi connectivity index (χ2v) is 5.18. The number of rotatable bonds is 3. The molecule has 1 saturated heterocycles. The van der Waals surface area contributed by atoms with Gasteiger partial charge < -0.3 is 10.6 Å². The molecule has 98 valence electrons. The molecule has 18 heavy (non-hydrogen) atoms. The van der Waals surface area contributed by atoms with E-state index in [1.807, 2.05) is 18.7 Å². The molecular weight excluding hydrogens is 226 g/mol. The number of aryl methyl sites for hydroxylation is 1. The minimum atomic E-state index is 0.238. The molecule has 1 unspecified atom stereocenters. The molecule has 0 radical (unpaired) electrons. The summed E-state index contributed by atoms with van der Waals surface area (Å²) in [6, 6.07) is 0. The summed E-state index contributed by atoms with van der Waals surface area (Å²) in [6.07, 6.45) is 3.52. The molecule has 1 aliphatic rings. The van der Waals surface area contributed by atoms with Crippen LogP contribution < -0.4 is 5.73 Å². The second-order valence-electron chi connectivity index (χ2n) is 5.18. The Morgan fingerprint density at radius 1 is 1.50 bits per heavy atom. The van der Waals surface area contributed by atoms with Gasteiger partial charge in [-0.3, -0.25) is 9.78 Å². The zero-order valence-electron chi connectivity index (χ0n) is 11.4. The van der Waals surface area contributed by atoms with Crippen molar-refractivity contribution in [1.82, 2.24) is 9.88 Å². The highest BCUT2D eigenvalue weighted by Crippen LogP contribution is 2.24. The summed E-state index contributed by atoms with van der Waals surface area (Å²) >= 11 is 0. The van der Waals surface area contributed by atoms with Crippen LogP contribution in [0.3, 0.4) is 0 Å². The van der Waals surface area contributed by atoms with E-state index in [4.69, 9.17) is 5.73 Å². The molecule has 0 saturated carbocycles. The van der Waals surface area contributed by atoms with E-state index < -0.39 is 0 Å². The van der Waals surface area contributed by atoms with Crippen LogP contribution in [-0.2, 0) is 11.3 Å². The van der Waals surface area contributed by atoms with E-state index in [2.05, 4.69) is 11.9 Å². The SMILES string of the molecule is CCC1CC(=O)N(Cc2ncc(C)c(N)c2C)C1. The van der Waals surface area contributed by atoms with Crippen molar-refractivity contribution in [1.29, 1.82) is 0 Å². The number of amides is 1. The Bertz CT molecular complexity index is 470. The first-order valence-corrected chi connectivity index (χ1v) is 6.51. The van der Waals surface area contributed by atoms with Gasteiger partial charge in [-0.05, 0) is 30.9 Å². The lowest BCUT2D eigenvalue weighted by molar-refractivity contribution is -0.128. The van der Waals surface area contributed by atoms with Gasteiger partial charge in [-0.2, -0.15) is 0 Å². The van der Waals surface area contributed by atoms with Gasteiger partial charge in [0.1, 0.15) is 0 Å². The van der Waals surface area contributed by atoms with Crippen LogP contribution in [0.5, 0.6) is 0 Å². The van der Waals surface area contributed by atoms with Crippen LogP contribution in [0.25, 0.3) is 0 Å². The summed E-state index contributed by atoms with van der Waals surface area (Å²) in [4.78, 5) is 18.2. The summed E-state index contributed by atoms with van der Waals surface area (Å²) in [6.45, 7) is 7.50. The maximum atomic E-state index is 11.9. The molecule has 2 N–H and O–H groups in total. The molecule has 4 nitrogen and oxygen atoms in total. The van der Waals surface area contributed by atoms with Crippen LogP contribution in [0.15, 0.2) is 6.20 Å². The van der Waals surface area contributed by atoms with E-state index >= 15 is 0 Å². The molecule has 4 heteroatoms. The largest absolute Gasteiger partial charge is 0.398 e. The number of aromatic nitrogens is 1. The molecular formula is C14H21N3O. The van der Waals surface area contributed by atoms with Crippen LogP contribution in [0.2, 0.25) is 0 Å². The molecule has 1 aromatic rings. The number of carbonyl (C=O) groups excluding carboxylic acids is 1. The van der Waals surface area contributed by atoms with Crippen molar-refractivity contribution < 1.29 is 4.79 Å². The molecule has 1 amide bonds. The third-order valence-electron chi connectivity index (χ3n) is 3.89. The highest BCUT2D eigenvalue weighted by molar-refractivity contribution is 5.78. The molecule has 0 spiro atoms. The van der Waals surface area contributed by atoms with Crippen LogP contribution in [-0.4, -0.2) is 22.3 Å². The Labute approximate surface area is 108 Å². The van der Waals surface area contributed by atoms with Gasteiger partial charge in [-0.1, -0.05) is 13.3 Å². The first-order valence-electron chi connectivity index (χ1n) is 6.51. The van der Waals surface area contributed by atoms with Crippen molar-refractivity contribution >= 4 is 11.6 Å². The minimum absolute atomic E-state index is 0.238. The summed E-state index contributed by atoms with van der Waals surface area (Å²) in [5.74, 6) is 0.739. The fourth-order valence-electron chi connectivity index (χ4n) is 2.41. The van der Waals surface area contributed by atoms with Crippen molar-refractivity contribution in [3.05, 3.63) is 23.0 Å². The number of hydrogen-bond acceptors (Lipinski definition) is 3. The van der Waals surface area contributed by atoms with Crippen molar-refractivity contribution in [2.24, 2.45) is 5.92 Å². The van der Waals surface area contributed by atoms with E-state index in [0.717, 1.165) is 35.5 Å². The van der Waals surface area contributed by atoms with E-state index in [9.17, 15) is 4.79 Å². The Balaban J connectivity index is 2.15. The first-order chi connectivity index (χ1) is 8.52. The minimum Gasteiger partial charge on any atom is -0.398 e. The molecule has 0 bridgehead atoms. The standard InChI is InChI=1S/C14H21N3O/c1-4-11-5-13(18)17(7-11)8-12-10(3)14(15)9(2)6-16-12/h6,11H,4-5,7-8H2,1-3H3,(H2,15,16). The monoisotopic (exact) mass is 247 g/mol. The number of nitrogens with two attached hydrogens (primary N) is 1. The smallest absolute Gasteiger partial charge is 0.223 e. The topological polar surface area (TPSA) is 59.2 Å². The number of nitrogen functional groups attached to an aromatic ring is 1. The molecule has 0 aliphatic carbocycles. The Morgan fingerprint density at radius 2 is 2.22 bits per heavy atom. The highest BCUT2D eigenvalue weighted by atomic mass is 16.2. The Kier molecular flexibility index (Phi) is 3.55. The average molecular weight is 247 g/mol. The summed E-state index contributed by atoms with van der Waals surface area (Å²) in [5.41, 5.74) is 9.71. The first kappa shape index (κ1) is 12.9. The number of nitrogens with zero attached hydrogens (tertiary/aromatic N) is 2. The van der Waals surface area contributed by atoms with Crippen molar-refractivity contribution in [3.63, 3.8) is 0 Å². The second kappa shape index (κ2) is 4.96. The van der Waals surface area contributed by atoms with Crippen molar-refractivity contribution in [2.45, 2.75) is 40.2 Å². The van der Waals surface area contributed by atoms with Gasteiger partial charge >= 0.3 is 0 Å². The Morgan fingerprint density at radius 3 is 2.83 bits per heavy atom. The van der Waals surface area contributed by atoms with Crippen LogP contribution in [0, 0.1) is 19.8 Å². The van der Waals surface area contributed by atoms with Gasteiger partial charge in [0.15, 0.2) is 0 Å². The number of likely N-dealkylation sites (tertiary alicyclic amines) is 1. The number of hydrogen-bond donors (Lipinski definition) is 1. The lowest BCUT2D eigenvalue weighted by Crippen LogP contribution is -2.25. The number of carbonyl (C=O) groups is 1. The van der Waals surface area contributed by atoms with Crippen LogP contribution >= 0.6 is 0 Å².